The molecular formula is C14H19NO3. The van der Waals surface area contributed by atoms with Gasteiger partial charge in [-0.2, -0.15) is 0 Å². The molecule has 1 aromatic rings. The van der Waals surface area contributed by atoms with Gasteiger partial charge in [-0.3, -0.25) is 9.59 Å². The summed E-state index contributed by atoms with van der Waals surface area (Å²) in [5, 5.41) is 11.4. The lowest BCUT2D eigenvalue weighted by molar-refractivity contribution is -0.137. The zero-order valence-corrected chi connectivity index (χ0v) is 10.8. The van der Waals surface area contributed by atoms with Crippen LogP contribution in [0.2, 0.25) is 0 Å². The van der Waals surface area contributed by atoms with Crippen LogP contribution in [0.4, 0.5) is 5.69 Å². The summed E-state index contributed by atoms with van der Waals surface area (Å²) >= 11 is 0. The Balaban J connectivity index is 2.59. The van der Waals surface area contributed by atoms with Crippen molar-refractivity contribution in [1.82, 2.24) is 0 Å². The third-order valence-corrected chi connectivity index (χ3v) is 2.43. The monoisotopic (exact) mass is 249 g/mol. The van der Waals surface area contributed by atoms with Gasteiger partial charge in [0.05, 0.1) is 0 Å². The maximum Gasteiger partial charge on any atom is 0.303 e. The average Bonchev–Trinajstić information content (AvgIpc) is 2.25. The SMILES string of the molecule is CC(C)CC(=O)Nc1cccc(CCC(=O)O)c1. The molecule has 1 rings (SSSR count). The number of anilines is 1. The molecule has 0 atom stereocenters. The fourth-order valence-electron chi connectivity index (χ4n) is 1.64. The second kappa shape index (κ2) is 6.79. The summed E-state index contributed by atoms with van der Waals surface area (Å²) in [5.41, 5.74) is 1.64. The average molecular weight is 249 g/mol. The number of hydrogen-bond acceptors (Lipinski definition) is 2. The summed E-state index contributed by atoms with van der Waals surface area (Å²) in [6, 6.07) is 7.31. The molecule has 0 bridgehead atoms. The van der Waals surface area contributed by atoms with Gasteiger partial charge in [-0.1, -0.05) is 26.0 Å². The highest BCUT2D eigenvalue weighted by atomic mass is 16.4. The molecule has 0 saturated carbocycles. The predicted octanol–water partition coefficient (Wildman–Crippen LogP) is 2.69. The molecule has 2 N–H and O–H groups in total. The van der Waals surface area contributed by atoms with Crippen molar-refractivity contribution in [1.29, 1.82) is 0 Å². The number of benzene rings is 1. The molecule has 0 spiro atoms. The number of carbonyl (C=O) groups is 2. The van der Waals surface area contributed by atoms with E-state index in [2.05, 4.69) is 5.32 Å². The minimum atomic E-state index is -0.816. The van der Waals surface area contributed by atoms with Crippen LogP contribution in [0.3, 0.4) is 0 Å². The van der Waals surface area contributed by atoms with Crippen LogP contribution in [-0.2, 0) is 16.0 Å². The lowest BCUT2D eigenvalue weighted by Gasteiger charge is -2.08. The van der Waals surface area contributed by atoms with Crippen LogP contribution < -0.4 is 5.32 Å². The number of rotatable bonds is 6. The van der Waals surface area contributed by atoms with Crippen molar-refractivity contribution >= 4 is 17.6 Å². The summed E-state index contributed by atoms with van der Waals surface area (Å²) in [7, 11) is 0. The second-order valence-electron chi connectivity index (χ2n) is 4.74. The molecule has 0 fully saturated rings. The van der Waals surface area contributed by atoms with Crippen molar-refractivity contribution in [2.75, 3.05) is 5.32 Å². The van der Waals surface area contributed by atoms with Gasteiger partial charge in [-0.05, 0) is 30.0 Å². The van der Waals surface area contributed by atoms with Crippen LogP contribution in [0.15, 0.2) is 24.3 Å². The maximum atomic E-state index is 11.6. The van der Waals surface area contributed by atoms with E-state index in [-0.39, 0.29) is 12.3 Å². The Bertz CT molecular complexity index is 427. The molecule has 1 aromatic carbocycles. The number of carbonyl (C=O) groups excluding carboxylic acids is 1. The Kier molecular flexibility index (Phi) is 5.36. The van der Waals surface area contributed by atoms with Crippen molar-refractivity contribution in [3.63, 3.8) is 0 Å². The van der Waals surface area contributed by atoms with Crippen LogP contribution in [0.25, 0.3) is 0 Å². The quantitative estimate of drug-likeness (QED) is 0.814. The minimum absolute atomic E-state index is 0.0135. The number of aryl methyl sites for hydroxylation is 1. The van der Waals surface area contributed by atoms with Crippen molar-refractivity contribution in [3.05, 3.63) is 29.8 Å². The van der Waals surface area contributed by atoms with Crippen LogP contribution >= 0.6 is 0 Å². The zero-order valence-electron chi connectivity index (χ0n) is 10.8. The Morgan fingerprint density at radius 3 is 2.67 bits per heavy atom. The van der Waals surface area contributed by atoms with Gasteiger partial charge in [-0.15, -0.1) is 0 Å². The minimum Gasteiger partial charge on any atom is -0.481 e. The third kappa shape index (κ3) is 5.48. The van der Waals surface area contributed by atoms with Gasteiger partial charge < -0.3 is 10.4 Å². The van der Waals surface area contributed by atoms with Crippen molar-refractivity contribution in [2.24, 2.45) is 5.92 Å². The molecule has 4 heteroatoms. The number of amides is 1. The maximum absolute atomic E-state index is 11.6. The predicted molar refractivity (Wildman–Crippen MR) is 70.5 cm³/mol. The van der Waals surface area contributed by atoms with E-state index < -0.39 is 5.97 Å². The molecule has 0 unspecified atom stereocenters. The first kappa shape index (κ1) is 14.2. The summed E-state index contributed by atoms with van der Waals surface area (Å²) in [4.78, 5) is 22.1. The standard InChI is InChI=1S/C14H19NO3/c1-10(2)8-13(16)15-12-5-3-4-11(9-12)6-7-14(17)18/h3-5,9-10H,6-8H2,1-2H3,(H,15,16)(H,17,18). The van der Waals surface area contributed by atoms with Gasteiger partial charge in [0.2, 0.25) is 5.91 Å². The number of carboxylic acids is 1. The van der Waals surface area contributed by atoms with Gasteiger partial charge in [0, 0.05) is 18.5 Å². The molecule has 4 nitrogen and oxygen atoms in total. The molecule has 0 saturated heterocycles. The summed E-state index contributed by atoms with van der Waals surface area (Å²) in [6.07, 6.45) is 1.06. The van der Waals surface area contributed by atoms with Crippen molar-refractivity contribution < 1.29 is 14.7 Å². The van der Waals surface area contributed by atoms with E-state index in [1.165, 1.54) is 0 Å². The van der Waals surface area contributed by atoms with Crippen LogP contribution in [0.5, 0.6) is 0 Å². The summed E-state index contributed by atoms with van der Waals surface area (Å²) in [6.45, 7) is 3.98. The van der Waals surface area contributed by atoms with E-state index in [4.69, 9.17) is 5.11 Å². The van der Waals surface area contributed by atoms with E-state index in [1.807, 2.05) is 38.1 Å². The Labute approximate surface area is 107 Å². The van der Waals surface area contributed by atoms with Gasteiger partial charge >= 0.3 is 5.97 Å². The number of aliphatic carboxylic acids is 1. The Morgan fingerprint density at radius 2 is 2.06 bits per heavy atom. The number of carboxylic acid groups (broad SMARTS) is 1. The van der Waals surface area contributed by atoms with Crippen LogP contribution in [-0.4, -0.2) is 17.0 Å². The summed E-state index contributed by atoms with van der Waals surface area (Å²) < 4.78 is 0. The second-order valence-corrected chi connectivity index (χ2v) is 4.74. The Hall–Kier alpha value is -1.84. The molecule has 0 aliphatic rings. The zero-order chi connectivity index (χ0) is 13.5. The van der Waals surface area contributed by atoms with Crippen LogP contribution in [0.1, 0.15) is 32.3 Å². The van der Waals surface area contributed by atoms with Gasteiger partial charge in [0.25, 0.3) is 0 Å². The van der Waals surface area contributed by atoms with E-state index >= 15 is 0 Å². The molecule has 0 aromatic heterocycles. The summed E-state index contributed by atoms with van der Waals surface area (Å²) in [5.74, 6) is -0.509. The first-order chi connectivity index (χ1) is 8.47. The van der Waals surface area contributed by atoms with Gasteiger partial charge in [-0.25, -0.2) is 0 Å². The highest BCUT2D eigenvalue weighted by Gasteiger charge is 2.06. The smallest absolute Gasteiger partial charge is 0.303 e. The van der Waals surface area contributed by atoms with Crippen LogP contribution in [0, 0.1) is 5.92 Å². The van der Waals surface area contributed by atoms with Gasteiger partial charge in [0.15, 0.2) is 0 Å². The van der Waals surface area contributed by atoms with Crippen molar-refractivity contribution in [3.8, 4) is 0 Å². The largest absolute Gasteiger partial charge is 0.481 e. The fraction of sp³-hybridized carbons (Fsp3) is 0.429. The molecule has 0 aliphatic heterocycles. The highest BCUT2D eigenvalue weighted by molar-refractivity contribution is 5.90. The molecule has 0 aliphatic carbocycles. The normalized spacial score (nSPS) is 10.4. The number of nitrogens with one attached hydrogen (secondary N) is 1. The lowest BCUT2D eigenvalue weighted by Crippen LogP contribution is -2.13. The first-order valence-corrected chi connectivity index (χ1v) is 6.08. The molecule has 0 heterocycles. The van der Waals surface area contributed by atoms with Gasteiger partial charge in [0.1, 0.15) is 0 Å². The third-order valence-electron chi connectivity index (χ3n) is 2.43. The fourth-order valence-corrected chi connectivity index (χ4v) is 1.64. The molecule has 98 valence electrons. The topological polar surface area (TPSA) is 66.4 Å². The molecule has 0 radical (unpaired) electrons. The highest BCUT2D eigenvalue weighted by Crippen LogP contribution is 2.13. The van der Waals surface area contributed by atoms with E-state index in [9.17, 15) is 9.59 Å². The first-order valence-electron chi connectivity index (χ1n) is 6.08. The Morgan fingerprint density at radius 1 is 1.33 bits per heavy atom. The van der Waals surface area contributed by atoms with Crippen molar-refractivity contribution in [2.45, 2.75) is 33.1 Å². The van der Waals surface area contributed by atoms with E-state index in [0.29, 0.717) is 18.8 Å². The lowest BCUT2D eigenvalue weighted by atomic mass is 10.1. The molecule has 18 heavy (non-hydrogen) atoms. The molecule has 1 amide bonds. The van der Waals surface area contributed by atoms with E-state index in [1.54, 1.807) is 0 Å². The number of hydrogen-bond donors (Lipinski definition) is 2. The molecular weight excluding hydrogens is 230 g/mol. The van der Waals surface area contributed by atoms with E-state index in [0.717, 1.165) is 11.3 Å².